The average molecular weight is 350 g/mol. The molecule has 1 N–H and O–H groups in total. The van der Waals surface area contributed by atoms with E-state index in [1.54, 1.807) is 7.11 Å². The second-order valence-corrected chi connectivity index (χ2v) is 5.83. The summed E-state index contributed by atoms with van der Waals surface area (Å²) in [5, 5.41) is 3.39. The Labute approximate surface area is 134 Å². The summed E-state index contributed by atoms with van der Waals surface area (Å²) < 4.78 is 12.2. The summed E-state index contributed by atoms with van der Waals surface area (Å²) in [5.74, 6) is 1.50. The fourth-order valence-corrected chi connectivity index (χ4v) is 2.43. The highest BCUT2D eigenvalue weighted by Crippen LogP contribution is 2.34. The van der Waals surface area contributed by atoms with E-state index >= 15 is 0 Å². The molecule has 0 aliphatic heterocycles. The van der Waals surface area contributed by atoms with Crippen molar-refractivity contribution in [3.8, 4) is 11.5 Å². The third-order valence-electron chi connectivity index (χ3n) is 2.95. The van der Waals surface area contributed by atoms with Crippen molar-refractivity contribution in [3.05, 3.63) is 52.5 Å². The zero-order valence-corrected chi connectivity index (χ0v) is 14.1. The zero-order chi connectivity index (χ0) is 15.2. The molecule has 0 fully saturated rings. The Morgan fingerprint density at radius 1 is 1.10 bits per heavy atom. The Hall–Kier alpha value is -1.68. The highest BCUT2D eigenvalue weighted by atomic mass is 79.9. The molecule has 2 rings (SSSR count). The van der Waals surface area contributed by atoms with Gasteiger partial charge in [0, 0.05) is 16.7 Å². The first-order valence-corrected chi connectivity index (χ1v) is 7.71. The van der Waals surface area contributed by atoms with Gasteiger partial charge in [-0.15, -0.1) is 0 Å². The zero-order valence-electron chi connectivity index (χ0n) is 12.5. The molecule has 0 heterocycles. The van der Waals surface area contributed by atoms with E-state index in [-0.39, 0.29) is 6.10 Å². The Morgan fingerprint density at radius 3 is 2.43 bits per heavy atom. The van der Waals surface area contributed by atoms with Crippen molar-refractivity contribution in [1.29, 1.82) is 0 Å². The number of para-hydroxylation sites is 1. The topological polar surface area (TPSA) is 30.5 Å². The molecule has 2 aromatic rings. The predicted octanol–water partition coefficient (Wildman–Crippen LogP) is 4.86. The normalized spacial score (nSPS) is 10.5. The lowest BCUT2D eigenvalue weighted by Crippen LogP contribution is -2.08. The van der Waals surface area contributed by atoms with Crippen LogP contribution in [0.3, 0.4) is 0 Å². The van der Waals surface area contributed by atoms with Gasteiger partial charge in [-0.2, -0.15) is 0 Å². The highest BCUT2D eigenvalue weighted by molar-refractivity contribution is 9.10. The van der Waals surface area contributed by atoms with Crippen LogP contribution < -0.4 is 14.8 Å². The van der Waals surface area contributed by atoms with Gasteiger partial charge in [0.2, 0.25) is 0 Å². The van der Waals surface area contributed by atoms with Crippen LogP contribution in [0.5, 0.6) is 11.5 Å². The van der Waals surface area contributed by atoms with E-state index in [0.29, 0.717) is 6.54 Å². The van der Waals surface area contributed by atoms with E-state index in [1.165, 1.54) is 0 Å². The molecular formula is C17H20BrNO2. The number of hydrogen-bond acceptors (Lipinski definition) is 3. The van der Waals surface area contributed by atoms with E-state index < -0.39 is 0 Å². The molecule has 2 aromatic carbocycles. The van der Waals surface area contributed by atoms with Gasteiger partial charge in [-0.3, -0.25) is 0 Å². The fourth-order valence-electron chi connectivity index (χ4n) is 1.97. The second-order valence-electron chi connectivity index (χ2n) is 4.98. The van der Waals surface area contributed by atoms with Crippen LogP contribution in [-0.4, -0.2) is 13.2 Å². The monoisotopic (exact) mass is 349 g/mol. The molecule has 0 unspecified atom stereocenters. The van der Waals surface area contributed by atoms with E-state index in [9.17, 15) is 0 Å². The minimum Gasteiger partial charge on any atom is -0.493 e. The first-order chi connectivity index (χ1) is 10.1. The summed E-state index contributed by atoms with van der Waals surface area (Å²) in [4.78, 5) is 0. The molecule has 0 radical (unpaired) electrons. The van der Waals surface area contributed by atoms with Crippen LogP contribution in [0, 0.1) is 0 Å². The van der Waals surface area contributed by atoms with Crippen LogP contribution in [0.4, 0.5) is 5.69 Å². The number of benzene rings is 2. The first kappa shape index (κ1) is 15.7. The van der Waals surface area contributed by atoms with Crippen molar-refractivity contribution in [2.75, 3.05) is 12.4 Å². The van der Waals surface area contributed by atoms with Crippen molar-refractivity contribution in [2.24, 2.45) is 0 Å². The second kappa shape index (κ2) is 7.36. The maximum absolute atomic E-state index is 5.76. The van der Waals surface area contributed by atoms with Crippen LogP contribution >= 0.6 is 15.9 Å². The number of methoxy groups -OCH3 is 1. The number of anilines is 1. The minimum atomic E-state index is 0.110. The number of ether oxygens (including phenoxy) is 2. The van der Waals surface area contributed by atoms with E-state index in [4.69, 9.17) is 9.47 Å². The maximum atomic E-state index is 5.76. The van der Waals surface area contributed by atoms with Gasteiger partial charge in [0.25, 0.3) is 0 Å². The van der Waals surface area contributed by atoms with Gasteiger partial charge < -0.3 is 14.8 Å². The van der Waals surface area contributed by atoms with Gasteiger partial charge in [0.15, 0.2) is 11.5 Å². The van der Waals surface area contributed by atoms with Gasteiger partial charge in [0.1, 0.15) is 0 Å². The van der Waals surface area contributed by atoms with E-state index in [2.05, 4.69) is 21.2 Å². The molecule has 0 aliphatic carbocycles. The molecule has 0 amide bonds. The van der Waals surface area contributed by atoms with Gasteiger partial charge in [-0.05, 0) is 43.7 Å². The molecule has 3 nitrogen and oxygen atoms in total. The van der Waals surface area contributed by atoms with Crippen molar-refractivity contribution >= 4 is 21.6 Å². The Morgan fingerprint density at radius 2 is 1.81 bits per heavy atom. The summed E-state index contributed by atoms with van der Waals surface area (Å²) in [5.41, 5.74) is 2.21. The maximum Gasteiger partial charge on any atom is 0.162 e. The summed E-state index contributed by atoms with van der Waals surface area (Å²) in [6.45, 7) is 4.71. The standard InChI is InChI=1S/C17H20BrNO2/c1-12(2)21-17-10-15(18)13(9-16(17)20-3)11-19-14-7-5-4-6-8-14/h4-10,12,19H,11H2,1-3H3. The predicted molar refractivity (Wildman–Crippen MR) is 90.2 cm³/mol. The summed E-state index contributed by atoms with van der Waals surface area (Å²) in [7, 11) is 1.66. The van der Waals surface area contributed by atoms with Gasteiger partial charge in [-0.25, -0.2) is 0 Å². The Kier molecular flexibility index (Phi) is 5.51. The van der Waals surface area contributed by atoms with Crippen LogP contribution in [0.1, 0.15) is 19.4 Å². The lowest BCUT2D eigenvalue weighted by molar-refractivity contribution is 0.230. The molecule has 4 heteroatoms. The smallest absolute Gasteiger partial charge is 0.162 e. The molecule has 0 bridgehead atoms. The Bertz CT molecular complexity index is 585. The first-order valence-electron chi connectivity index (χ1n) is 6.92. The minimum absolute atomic E-state index is 0.110. The molecule has 0 atom stereocenters. The van der Waals surface area contributed by atoms with Gasteiger partial charge in [0.05, 0.1) is 13.2 Å². The third kappa shape index (κ3) is 4.39. The lowest BCUT2D eigenvalue weighted by atomic mass is 10.2. The summed E-state index contributed by atoms with van der Waals surface area (Å²) in [6.07, 6.45) is 0.110. The molecule has 0 saturated heterocycles. The molecular weight excluding hydrogens is 330 g/mol. The molecule has 21 heavy (non-hydrogen) atoms. The van der Waals surface area contributed by atoms with Gasteiger partial charge >= 0.3 is 0 Å². The van der Waals surface area contributed by atoms with E-state index in [0.717, 1.165) is 27.2 Å². The lowest BCUT2D eigenvalue weighted by Gasteiger charge is -2.16. The molecule has 0 aromatic heterocycles. The fraction of sp³-hybridized carbons (Fsp3) is 0.294. The molecule has 112 valence electrons. The number of rotatable bonds is 6. The van der Waals surface area contributed by atoms with Crippen molar-refractivity contribution in [2.45, 2.75) is 26.5 Å². The van der Waals surface area contributed by atoms with Crippen molar-refractivity contribution in [3.63, 3.8) is 0 Å². The number of nitrogens with one attached hydrogen (secondary N) is 1. The van der Waals surface area contributed by atoms with Crippen LogP contribution in [0.2, 0.25) is 0 Å². The summed E-state index contributed by atoms with van der Waals surface area (Å²) >= 11 is 3.60. The largest absolute Gasteiger partial charge is 0.493 e. The van der Waals surface area contributed by atoms with Crippen molar-refractivity contribution < 1.29 is 9.47 Å². The van der Waals surface area contributed by atoms with Crippen LogP contribution in [0.15, 0.2) is 46.9 Å². The summed E-state index contributed by atoms with van der Waals surface area (Å²) in [6, 6.07) is 14.1. The van der Waals surface area contributed by atoms with Crippen LogP contribution in [-0.2, 0) is 6.54 Å². The number of hydrogen-bond donors (Lipinski definition) is 1. The molecule has 0 aliphatic rings. The third-order valence-corrected chi connectivity index (χ3v) is 3.69. The molecule has 0 saturated carbocycles. The van der Waals surface area contributed by atoms with E-state index in [1.807, 2.05) is 56.3 Å². The average Bonchev–Trinajstić information content (AvgIpc) is 2.47. The van der Waals surface area contributed by atoms with Gasteiger partial charge in [-0.1, -0.05) is 34.1 Å². The number of halogens is 1. The van der Waals surface area contributed by atoms with Crippen molar-refractivity contribution in [1.82, 2.24) is 0 Å². The highest BCUT2D eigenvalue weighted by Gasteiger charge is 2.11. The quantitative estimate of drug-likeness (QED) is 0.807. The Balaban J connectivity index is 2.16. The van der Waals surface area contributed by atoms with Crippen LogP contribution in [0.25, 0.3) is 0 Å². The molecule has 0 spiro atoms. The SMILES string of the molecule is COc1cc(CNc2ccccc2)c(Br)cc1OC(C)C.